The van der Waals surface area contributed by atoms with E-state index < -0.39 is 11.4 Å². The summed E-state index contributed by atoms with van der Waals surface area (Å²) in [6.07, 6.45) is 7.74. The highest BCUT2D eigenvalue weighted by Crippen LogP contribution is 2.33. The summed E-state index contributed by atoms with van der Waals surface area (Å²) in [5.41, 5.74) is 1.79. The van der Waals surface area contributed by atoms with Crippen LogP contribution < -0.4 is 0 Å². The van der Waals surface area contributed by atoms with E-state index in [1.807, 2.05) is 0 Å². The smallest absolute Gasteiger partial charge is 0.181 e. The monoisotopic (exact) mass is 341 g/mol. The summed E-state index contributed by atoms with van der Waals surface area (Å²) in [6, 6.07) is 0. The third-order valence-corrected chi connectivity index (χ3v) is 4.25. The number of aromatic nitrogens is 2. The summed E-state index contributed by atoms with van der Waals surface area (Å²) < 4.78 is 14.7. The molecule has 0 radical (unpaired) electrons. The van der Waals surface area contributed by atoms with Crippen molar-refractivity contribution in [3.63, 3.8) is 0 Å². The van der Waals surface area contributed by atoms with Crippen molar-refractivity contribution in [1.29, 1.82) is 0 Å². The van der Waals surface area contributed by atoms with Gasteiger partial charge in [0.25, 0.3) is 0 Å². The van der Waals surface area contributed by atoms with Gasteiger partial charge in [-0.15, -0.1) is 0 Å². The second-order valence-electron chi connectivity index (χ2n) is 6.70. The molecule has 0 atom stereocenters. The molecule has 6 heteroatoms. The minimum Gasteiger partial charge on any atom is -0.382 e. The van der Waals surface area contributed by atoms with Gasteiger partial charge in [0.1, 0.15) is 17.1 Å². The first-order valence-electron chi connectivity index (χ1n) is 8.21. The molecule has 2 heterocycles. The lowest BCUT2D eigenvalue weighted by Crippen LogP contribution is -2.19. The molecule has 1 aromatic heterocycles. The molecule has 1 aliphatic carbocycles. The number of carbonyl (C=O) groups excluding carboxylic acids is 1. The highest BCUT2D eigenvalue weighted by Gasteiger charge is 2.28. The molecule has 0 saturated carbocycles. The number of halogens is 1. The van der Waals surface area contributed by atoms with E-state index >= 15 is 0 Å². The fourth-order valence-corrected chi connectivity index (χ4v) is 2.95. The minimum absolute atomic E-state index is 0.0423. The SMILES string of the molecule is C/C=C(\C(F)=C/C1=NC2=C(CCC2=O)C1)c1cnc(C(C)(C)O)nc1. The maximum absolute atomic E-state index is 14.7. The van der Waals surface area contributed by atoms with Crippen LogP contribution in [-0.4, -0.2) is 26.6 Å². The first-order valence-corrected chi connectivity index (χ1v) is 8.21. The normalized spacial score (nSPS) is 18.8. The Bertz CT molecular complexity index is 840. The second kappa shape index (κ2) is 6.44. The predicted octanol–water partition coefficient (Wildman–Crippen LogP) is 3.42. The lowest BCUT2D eigenvalue weighted by atomic mass is 10.0. The van der Waals surface area contributed by atoms with Crippen LogP contribution in [0.3, 0.4) is 0 Å². The van der Waals surface area contributed by atoms with E-state index in [1.165, 1.54) is 18.5 Å². The molecular weight excluding hydrogens is 321 g/mol. The van der Waals surface area contributed by atoms with Crippen LogP contribution in [-0.2, 0) is 10.4 Å². The number of rotatable bonds is 4. The van der Waals surface area contributed by atoms with Gasteiger partial charge in [-0.1, -0.05) is 6.08 Å². The third-order valence-electron chi connectivity index (χ3n) is 4.25. The van der Waals surface area contributed by atoms with Crippen LogP contribution >= 0.6 is 0 Å². The second-order valence-corrected chi connectivity index (χ2v) is 6.70. The molecule has 130 valence electrons. The molecule has 0 saturated heterocycles. The quantitative estimate of drug-likeness (QED) is 0.852. The largest absolute Gasteiger partial charge is 0.382 e. The Hall–Kier alpha value is -2.47. The zero-order chi connectivity index (χ0) is 18.2. The van der Waals surface area contributed by atoms with Gasteiger partial charge in [-0.25, -0.2) is 19.4 Å². The number of hydrogen-bond donors (Lipinski definition) is 1. The number of nitrogens with zero attached hydrogens (tertiary/aromatic N) is 3. The Kier molecular flexibility index (Phi) is 4.47. The Balaban J connectivity index is 1.82. The molecular formula is C19H20FN3O2. The van der Waals surface area contributed by atoms with E-state index in [1.54, 1.807) is 26.8 Å². The first kappa shape index (κ1) is 17.4. The maximum Gasteiger partial charge on any atom is 0.181 e. The fraction of sp³-hybridized carbons (Fsp3) is 0.368. The molecule has 1 aromatic rings. The van der Waals surface area contributed by atoms with E-state index in [4.69, 9.17) is 0 Å². The van der Waals surface area contributed by atoms with Crippen molar-refractivity contribution < 1.29 is 14.3 Å². The van der Waals surface area contributed by atoms with Crippen LogP contribution in [0.4, 0.5) is 4.39 Å². The molecule has 0 bridgehead atoms. The molecule has 1 aliphatic heterocycles. The molecule has 0 fully saturated rings. The molecule has 3 rings (SSSR count). The maximum atomic E-state index is 14.7. The highest BCUT2D eigenvalue weighted by molar-refractivity contribution is 6.10. The van der Waals surface area contributed by atoms with Gasteiger partial charge in [-0.3, -0.25) is 4.79 Å². The average Bonchev–Trinajstić information content (AvgIpc) is 3.09. The van der Waals surface area contributed by atoms with Gasteiger partial charge >= 0.3 is 0 Å². The first-order chi connectivity index (χ1) is 11.8. The van der Waals surface area contributed by atoms with Gasteiger partial charge in [0.15, 0.2) is 11.6 Å². The molecule has 0 aromatic carbocycles. The summed E-state index contributed by atoms with van der Waals surface area (Å²) in [4.78, 5) is 24.2. The van der Waals surface area contributed by atoms with Crippen molar-refractivity contribution in [3.05, 3.63) is 53.0 Å². The average molecular weight is 341 g/mol. The van der Waals surface area contributed by atoms with E-state index in [9.17, 15) is 14.3 Å². The summed E-state index contributed by atoms with van der Waals surface area (Å²) in [5, 5.41) is 9.90. The lowest BCUT2D eigenvalue weighted by molar-refractivity contribution is -0.114. The summed E-state index contributed by atoms with van der Waals surface area (Å²) in [5.74, 6) is -0.134. The van der Waals surface area contributed by atoms with E-state index in [2.05, 4.69) is 15.0 Å². The number of aliphatic imine (C=N–C) groups is 1. The van der Waals surface area contributed by atoms with Gasteiger partial charge in [-0.05, 0) is 38.8 Å². The number of hydrogen-bond acceptors (Lipinski definition) is 5. The van der Waals surface area contributed by atoms with Crippen LogP contribution in [0.15, 0.2) is 46.6 Å². The molecule has 5 nitrogen and oxygen atoms in total. The fourth-order valence-electron chi connectivity index (χ4n) is 2.95. The number of aliphatic hydroxyl groups is 1. The predicted molar refractivity (Wildman–Crippen MR) is 93.4 cm³/mol. The molecule has 0 unspecified atom stereocenters. The number of carbonyl (C=O) groups is 1. The van der Waals surface area contributed by atoms with Crippen LogP contribution in [0.25, 0.3) is 5.57 Å². The Morgan fingerprint density at radius 1 is 1.28 bits per heavy atom. The van der Waals surface area contributed by atoms with E-state index in [0.717, 1.165) is 12.0 Å². The van der Waals surface area contributed by atoms with Crippen LogP contribution in [0.1, 0.15) is 51.4 Å². The lowest BCUT2D eigenvalue weighted by Gasteiger charge is -2.15. The van der Waals surface area contributed by atoms with Crippen molar-refractivity contribution in [3.8, 4) is 0 Å². The topological polar surface area (TPSA) is 75.4 Å². The van der Waals surface area contributed by atoms with Crippen molar-refractivity contribution in [2.75, 3.05) is 0 Å². The van der Waals surface area contributed by atoms with E-state index in [-0.39, 0.29) is 11.6 Å². The number of allylic oxidation sites excluding steroid dienone is 6. The van der Waals surface area contributed by atoms with Crippen molar-refractivity contribution >= 4 is 17.1 Å². The Labute approximate surface area is 145 Å². The van der Waals surface area contributed by atoms with Gasteiger partial charge in [-0.2, -0.15) is 0 Å². The summed E-state index contributed by atoms with van der Waals surface area (Å²) in [7, 11) is 0. The van der Waals surface area contributed by atoms with Gasteiger partial charge in [0.2, 0.25) is 0 Å². The zero-order valence-electron chi connectivity index (χ0n) is 14.5. The Morgan fingerprint density at radius 2 is 1.96 bits per heavy atom. The minimum atomic E-state index is -1.15. The van der Waals surface area contributed by atoms with Crippen LogP contribution in [0, 0.1) is 0 Å². The van der Waals surface area contributed by atoms with Gasteiger partial charge in [0, 0.05) is 42.1 Å². The number of Topliss-reactive ketones (excluding diaryl/α,β-unsaturated/α-hetero) is 1. The van der Waals surface area contributed by atoms with Crippen molar-refractivity contribution in [1.82, 2.24) is 9.97 Å². The zero-order valence-corrected chi connectivity index (χ0v) is 14.5. The van der Waals surface area contributed by atoms with Crippen LogP contribution in [0.2, 0.25) is 0 Å². The van der Waals surface area contributed by atoms with E-state index in [0.29, 0.717) is 35.4 Å². The van der Waals surface area contributed by atoms with Crippen LogP contribution in [0.5, 0.6) is 0 Å². The summed E-state index contributed by atoms with van der Waals surface area (Å²) >= 11 is 0. The molecule has 0 amide bonds. The third kappa shape index (κ3) is 3.49. The summed E-state index contributed by atoms with van der Waals surface area (Å²) in [6.45, 7) is 4.90. The Morgan fingerprint density at radius 3 is 2.52 bits per heavy atom. The molecule has 1 N–H and O–H groups in total. The van der Waals surface area contributed by atoms with Crippen molar-refractivity contribution in [2.45, 2.75) is 45.6 Å². The van der Waals surface area contributed by atoms with Crippen molar-refractivity contribution in [2.24, 2.45) is 4.99 Å². The molecule has 0 spiro atoms. The molecule has 25 heavy (non-hydrogen) atoms. The number of ketones is 1. The van der Waals surface area contributed by atoms with Gasteiger partial charge in [0.05, 0.1) is 0 Å². The van der Waals surface area contributed by atoms with Gasteiger partial charge < -0.3 is 5.11 Å². The molecule has 2 aliphatic rings. The highest BCUT2D eigenvalue weighted by atomic mass is 19.1. The standard InChI is InChI=1S/C19H20FN3O2/c1-4-14(12-9-21-18(22-10-12)19(2,3)25)15(20)8-13-7-11-5-6-16(24)17(11)23-13/h4,8-10,25H,5-7H2,1-3H3/b14-4-,15-8+.